The van der Waals surface area contributed by atoms with Gasteiger partial charge in [0.1, 0.15) is 24.4 Å². The van der Waals surface area contributed by atoms with Crippen LogP contribution in [0.5, 0.6) is 5.75 Å². The zero-order chi connectivity index (χ0) is 30.6. The van der Waals surface area contributed by atoms with Crippen molar-refractivity contribution in [2.24, 2.45) is 21.5 Å². The Morgan fingerprint density at radius 2 is 1.86 bits per heavy atom. The molecule has 1 saturated carbocycles. The Bertz CT molecular complexity index is 1670. The van der Waals surface area contributed by atoms with Crippen molar-refractivity contribution in [3.05, 3.63) is 59.7 Å². The molecule has 228 valence electrons. The van der Waals surface area contributed by atoms with Crippen LogP contribution in [0.2, 0.25) is 0 Å². The van der Waals surface area contributed by atoms with Gasteiger partial charge in [0.05, 0.1) is 24.8 Å². The third-order valence-corrected chi connectivity index (χ3v) is 9.78. The van der Waals surface area contributed by atoms with Gasteiger partial charge in [0.25, 0.3) is 11.8 Å². The summed E-state index contributed by atoms with van der Waals surface area (Å²) in [6, 6.07) is 10.3. The maximum absolute atomic E-state index is 13.6. The molecule has 8 rings (SSSR count). The van der Waals surface area contributed by atoms with Crippen LogP contribution < -0.4 is 31.7 Å². The van der Waals surface area contributed by atoms with Crippen LogP contribution in [0.1, 0.15) is 28.8 Å². The highest BCUT2D eigenvalue weighted by Crippen LogP contribution is 2.56. The quantitative estimate of drug-likeness (QED) is 0.170. The Labute approximate surface area is 251 Å². The van der Waals surface area contributed by atoms with Gasteiger partial charge in [-0.05, 0) is 31.0 Å². The normalized spacial score (nSPS) is 30.3. The van der Waals surface area contributed by atoms with Gasteiger partial charge in [0, 0.05) is 23.2 Å². The minimum Gasteiger partial charge on any atom is -0.492 e. The maximum atomic E-state index is 13.6. The van der Waals surface area contributed by atoms with Crippen LogP contribution in [0, 0.1) is 0 Å². The molecule has 0 radical (unpaired) electrons. The number of carbonyl (C=O) groups is 3. The first kappa shape index (κ1) is 26.7. The third kappa shape index (κ3) is 3.47. The number of carbonyl (C=O) groups excluding carboxylic acids is 3. The van der Waals surface area contributed by atoms with E-state index >= 15 is 0 Å². The summed E-state index contributed by atoms with van der Waals surface area (Å²) in [6.45, 7) is -0.0237. The molecule has 2 saturated heterocycles. The lowest BCUT2D eigenvalue weighted by atomic mass is 9.84. The Hall–Kier alpha value is -4.89. The minimum atomic E-state index is -2.68. The first-order chi connectivity index (χ1) is 21.1. The van der Waals surface area contributed by atoms with E-state index in [0.29, 0.717) is 23.6 Å². The second-order valence-corrected chi connectivity index (χ2v) is 12.2. The number of para-hydroxylation sites is 2. The Morgan fingerprint density at radius 1 is 1.09 bits per heavy atom. The molecule has 1 unspecified atom stereocenters. The van der Waals surface area contributed by atoms with Gasteiger partial charge in [0.2, 0.25) is 5.79 Å². The summed E-state index contributed by atoms with van der Waals surface area (Å²) in [5.74, 6) is -3.36. The van der Waals surface area contributed by atoms with E-state index in [1.165, 1.54) is 9.80 Å². The number of hydrogen-bond acceptors (Lipinski definition) is 12. The summed E-state index contributed by atoms with van der Waals surface area (Å²) in [4.78, 5) is 52.7. The summed E-state index contributed by atoms with van der Waals surface area (Å²) in [5, 5.41) is 29.3. The molecule has 6 aliphatic rings. The Kier molecular flexibility index (Phi) is 5.36. The second kappa shape index (κ2) is 8.83. The van der Waals surface area contributed by atoms with Gasteiger partial charge < -0.3 is 42.0 Å². The fourth-order valence-electron chi connectivity index (χ4n) is 7.33. The van der Waals surface area contributed by atoms with Gasteiger partial charge in [-0.15, -0.1) is 0 Å². The molecular formula is C29H31N9O6. The molecule has 1 aliphatic carbocycles. The monoisotopic (exact) mass is 601 g/mol. The van der Waals surface area contributed by atoms with Crippen molar-refractivity contribution in [1.29, 1.82) is 0 Å². The van der Waals surface area contributed by atoms with Crippen molar-refractivity contribution in [3.63, 3.8) is 0 Å². The molecule has 4 amide bonds. The van der Waals surface area contributed by atoms with Gasteiger partial charge in [-0.1, -0.05) is 30.3 Å². The van der Waals surface area contributed by atoms with Crippen LogP contribution in [-0.2, 0) is 10.2 Å². The number of fused-ring (bicyclic) bond motifs is 2. The first-order valence-electron chi connectivity index (χ1n) is 14.5. The predicted octanol–water partition coefficient (Wildman–Crippen LogP) is -1.65. The average molecular weight is 602 g/mol. The largest absolute Gasteiger partial charge is 0.492 e. The van der Waals surface area contributed by atoms with E-state index < -0.39 is 47.4 Å². The number of anilines is 1. The first-order valence-corrected chi connectivity index (χ1v) is 14.5. The lowest BCUT2D eigenvalue weighted by Crippen LogP contribution is -2.78. The van der Waals surface area contributed by atoms with E-state index in [-0.39, 0.29) is 37.0 Å². The zero-order valence-corrected chi connectivity index (χ0v) is 23.5. The van der Waals surface area contributed by atoms with E-state index in [0.717, 1.165) is 23.3 Å². The van der Waals surface area contributed by atoms with E-state index in [1.807, 2.05) is 6.07 Å². The van der Waals surface area contributed by atoms with E-state index in [1.54, 1.807) is 42.5 Å². The number of hydrogen-bond donors (Lipinski definition) is 6. The number of nitrogens with zero attached hydrogens (tertiary/aromatic N) is 5. The van der Waals surface area contributed by atoms with E-state index in [2.05, 4.69) is 20.6 Å². The lowest BCUT2D eigenvalue weighted by molar-refractivity contribution is -0.230. The standard InChI is InChI=1S/C29H31N9O6/c30-24-34-22-18(11-37-20(39)13-36(26(37)41)15-5-2-1-3-6-15)32-25(31)38-12-19(29(42,43)28(22,38)35-24)33-23(40)16-7-4-8-17-21(16)44-14-27(17)9-10-27/h1-8,18-19,22,42-43H,9-14H2,(H2,31,32)(H,33,40)(H3,30,34,35)/t18-,19?,22-,28-/m0/s1. The van der Waals surface area contributed by atoms with Gasteiger partial charge in [0.15, 0.2) is 17.6 Å². The Balaban J connectivity index is 1.07. The lowest BCUT2D eigenvalue weighted by Gasteiger charge is -2.49. The van der Waals surface area contributed by atoms with Crippen LogP contribution in [0.25, 0.3) is 0 Å². The maximum Gasteiger partial charge on any atom is 0.331 e. The number of aliphatic hydroxyl groups is 2. The highest BCUT2D eigenvalue weighted by molar-refractivity contribution is 6.12. The molecule has 15 nitrogen and oxygen atoms in total. The van der Waals surface area contributed by atoms with Crippen molar-refractivity contribution >= 4 is 35.5 Å². The van der Waals surface area contributed by atoms with Crippen molar-refractivity contribution < 1.29 is 29.3 Å². The van der Waals surface area contributed by atoms with Gasteiger partial charge >= 0.3 is 6.03 Å². The van der Waals surface area contributed by atoms with E-state index in [4.69, 9.17) is 16.2 Å². The minimum absolute atomic E-state index is 0.0394. The smallest absolute Gasteiger partial charge is 0.331 e. The second-order valence-electron chi connectivity index (χ2n) is 12.2. The third-order valence-electron chi connectivity index (χ3n) is 9.78. The molecule has 44 heavy (non-hydrogen) atoms. The van der Waals surface area contributed by atoms with Gasteiger partial charge in [-0.25, -0.2) is 14.8 Å². The van der Waals surface area contributed by atoms with Crippen LogP contribution in [0.4, 0.5) is 10.5 Å². The number of nitrogens with two attached hydrogens (primary N) is 2. The molecule has 0 bridgehead atoms. The number of ether oxygens (including phenoxy) is 1. The highest BCUT2D eigenvalue weighted by atomic mass is 16.5. The molecule has 2 spiro atoms. The predicted molar refractivity (Wildman–Crippen MR) is 156 cm³/mol. The molecule has 0 aromatic heterocycles. The molecule has 15 heteroatoms. The average Bonchev–Trinajstić information content (AvgIpc) is 3.34. The topological polar surface area (TPSA) is 211 Å². The summed E-state index contributed by atoms with van der Waals surface area (Å²) in [7, 11) is 0. The fraction of sp³-hybridized carbons (Fsp3) is 0.414. The number of imide groups is 1. The number of aliphatic imine (C=N–C) groups is 2. The molecule has 2 aromatic rings. The van der Waals surface area contributed by atoms with Crippen molar-refractivity contribution in [2.45, 2.75) is 47.8 Å². The van der Waals surface area contributed by atoms with Crippen molar-refractivity contribution in [3.8, 4) is 5.75 Å². The number of urea groups is 1. The number of nitrogens with one attached hydrogen (secondary N) is 2. The SMILES string of the molecule is NC1=N[C@H]2[C@H](CN3C(=O)CN(c4ccccc4)C3=O)N=C(N)N3CC(NC(=O)c4cccc5c4OCC54CC4)C(O)(O)[C@]23N1. The molecule has 5 heterocycles. The van der Waals surface area contributed by atoms with Crippen molar-refractivity contribution in [1.82, 2.24) is 20.4 Å². The molecule has 3 fully saturated rings. The van der Waals surface area contributed by atoms with Crippen molar-refractivity contribution in [2.75, 3.05) is 31.1 Å². The summed E-state index contributed by atoms with van der Waals surface area (Å²) >= 11 is 0. The van der Waals surface area contributed by atoms with Crippen LogP contribution >= 0.6 is 0 Å². The van der Waals surface area contributed by atoms with Crippen LogP contribution in [0.15, 0.2) is 58.5 Å². The molecule has 2 aromatic carbocycles. The number of guanidine groups is 2. The van der Waals surface area contributed by atoms with E-state index in [9.17, 15) is 24.6 Å². The molecule has 8 N–H and O–H groups in total. The molecule has 4 atom stereocenters. The van der Waals surface area contributed by atoms with Gasteiger partial charge in [-0.2, -0.15) is 0 Å². The van der Waals surface area contributed by atoms with Crippen LogP contribution in [0.3, 0.4) is 0 Å². The number of benzene rings is 2. The van der Waals surface area contributed by atoms with Gasteiger partial charge in [-0.3, -0.25) is 19.4 Å². The highest BCUT2D eigenvalue weighted by Gasteiger charge is 2.73. The summed E-state index contributed by atoms with van der Waals surface area (Å²) in [5.41, 5.74) is 12.5. The number of amides is 4. The Morgan fingerprint density at radius 3 is 2.61 bits per heavy atom. The fourth-order valence-corrected chi connectivity index (χ4v) is 7.33. The zero-order valence-electron chi connectivity index (χ0n) is 23.5. The molecule has 5 aliphatic heterocycles. The number of rotatable bonds is 5. The summed E-state index contributed by atoms with van der Waals surface area (Å²) < 4.78 is 5.92. The summed E-state index contributed by atoms with van der Waals surface area (Å²) in [6.07, 6.45) is 1.99. The molecular weight excluding hydrogens is 570 g/mol. The van der Waals surface area contributed by atoms with Crippen LogP contribution in [-0.4, -0.2) is 106 Å².